The van der Waals surface area contributed by atoms with E-state index in [2.05, 4.69) is 0 Å². The van der Waals surface area contributed by atoms with Crippen molar-refractivity contribution in [2.75, 3.05) is 21.3 Å². The summed E-state index contributed by atoms with van der Waals surface area (Å²) in [5.41, 5.74) is 1.52. The van der Waals surface area contributed by atoms with Crippen LogP contribution in [-0.2, 0) is 9.14 Å². The fourth-order valence-corrected chi connectivity index (χ4v) is 2.96. The first-order chi connectivity index (χ1) is 15.0. The molecule has 0 radical (unpaired) electrons. The van der Waals surface area contributed by atoms with Gasteiger partial charge in [-0.2, -0.15) is 0 Å². The lowest BCUT2D eigenvalue weighted by Crippen LogP contribution is -2.51. The SMILES string of the molecule is COc1cccc(B(O)OB(OB(O)c2cccc(OC)c2)c2cccc(OC)c2)c1. The molecule has 0 unspecified atom stereocenters. The first-order valence-corrected chi connectivity index (χ1v) is 9.63. The Bertz CT molecular complexity index is 933. The molecule has 0 saturated carbocycles. The molecule has 0 atom stereocenters. The van der Waals surface area contributed by atoms with Crippen molar-refractivity contribution in [1.82, 2.24) is 0 Å². The Morgan fingerprint density at radius 3 is 1.29 bits per heavy atom. The number of ether oxygens (including phenoxy) is 3. The van der Waals surface area contributed by atoms with Crippen LogP contribution in [0.4, 0.5) is 0 Å². The standard InChI is InChI=1S/C21H23B3O7/c1-27-19-10-4-7-16(13-19)22(25)30-24(18-9-6-12-21(15-18)29-3)31-23(26)17-8-5-11-20(14-17)28-2/h4-15,25-26H,1-3H3. The zero-order chi connectivity index (χ0) is 22.2. The second-order valence-electron chi connectivity index (χ2n) is 6.64. The van der Waals surface area contributed by atoms with Crippen molar-refractivity contribution in [3.05, 3.63) is 72.8 Å². The molecular formula is C21H23B3O7. The van der Waals surface area contributed by atoms with Gasteiger partial charge in [0, 0.05) is 0 Å². The van der Waals surface area contributed by atoms with Crippen LogP contribution in [0.3, 0.4) is 0 Å². The van der Waals surface area contributed by atoms with Gasteiger partial charge < -0.3 is 33.4 Å². The van der Waals surface area contributed by atoms with Gasteiger partial charge in [0.05, 0.1) is 21.3 Å². The van der Waals surface area contributed by atoms with Gasteiger partial charge in [0.25, 0.3) is 0 Å². The number of rotatable bonds is 10. The first-order valence-electron chi connectivity index (χ1n) is 9.63. The van der Waals surface area contributed by atoms with Crippen molar-refractivity contribution in [2.24, 2.45) is 0 Å². The van der Waals surface area contributed by atoms with E-state index in [1.165, 1.54) is 0 Å². The van der Waals surface area contributed by atoms with Gasteiger partial charge >= 0.3 is 21.4 Å². The Hall–Kier alpha value is -2.91. The minimum Gasteiger partial charge on any atom is -0.497 e. The van der Waals surface area contributed by atoms with Crippen molar-refractivity contribution in [3.63, 3.8) is 0 Å². The fourth-order valence-electron chi connectivity index (χ4n) is 2.96. The van der Waals surface area contributed by atoms with Crippen LogP contribution < -0.4 is 30.6 Å². The number of hydrogen-bond donors (Lipinski definition) is 2. The van der Waals surface area contributed by atoms with Gasteiger partial charge in [-0.25, -0.2) is 0 Å². The highest BCUT2D eigenvalue weighted by Crippen LogP contribution is 2.11. The third kappa shape index (κ3) is 6.05. The van der Waals surface area contributed by atoms with E-state index < -0.39 is 21.4 Å². The van der Waals surface area contributed by atoms with Crippen LogP contribution >= 0.6 is 0 Å². The molecule has 3 aromatic rings. The summed E-state index contributed by atoms with van der Waals surface area (Å²) < 4.78 is 27.3. The third-order valence-corrected chi connectivity index (χ3v) is 4.63. The van der Waals surface area contributed by atoms with Crippen molar-refractivity contribution in [3.8, 4) is 17.2 Å². The minimum absolute atomic E-state index is 0.478. The van der Waals surface area contributed by atoms with E-state index in [0.717, 1.165) is 0 Å². The molecule has 10 heteroatoms. The predicted molar refractivity (Wildman–Crippen MR) is 122 cm³/mol. The van der Waals surface area contributed by atoms with E-state index in [0.29, 0.717) is 33.6 Å². The van der Waals surface area contributed by atoms with E-state index >= 15 is 0 Å². The second kappa shape index (κ2) is 10.9. The molecule has 0 bridgehead atoms. The first kappa shape index (κ1) is 22.8. The van der Waals surface area contributed by atoms with Crippen LogP contribution in [-0.4, -0.2) is 52.7 Å². The molecule has 0 aromatic heterocycles. The van der Waals surface area contributed by atoms with Crippen LogP contribution in [0, 0.1) is 0 Å². The van der Waals surface area contributed by atoms with E-state index in [9.17, 15) is 10.0 Å². The minimum atomic E-state index is -1.33. The van der Waals surface area contributed by atoms with Gasteiger partial charge in [-0.1, -0.05) is 36.4 Å². The van der Waals surface area contributed by atoms with Crippen LogP contribution in [0.1, 0.15) is 0 Å². The average Bonchev–Trinajstić information content (AvgIpc) is 2.83. The highest BCUT2D eigenvalue weighted by molar-refractivity contribution is 6.79. The molecule has 0 aliphatic carbocycles. The fraction of sp³-hybridized carbons (Fsp3) is 0.143. The summed E-state index contributed by atoms with van der Waals surface area (Å²) in [7, 11) is 0.870. The molecule has 0 heterocycles. The number of hydrogen-bond acceptors (Lipinski definition) is 7. The van der Waals surface area contributed by atoms with Gasteiger partial charge in [0.15, 0.2) is 0 Å². The summed E-state index contributed by atoms with van der Waals surface area (Å²) in [5, 5.41) is 21.3. The Kier molecular flexibility index (Phi) is 8.03. The molecule has 0 fully saturated rings. The maximum Gasteiger partial charge on any atom is 0.477 e. The summed E-state index contributed by atoms with van der Waals surface area (Å²) in [4.78, 5) is 0. The highest BCUT2D eigenvalue weighted by atomic mass is 16.6. The maximum absolute atomic E-state index is 10.7. The molecular weight excluding hydrogens is 397 g/mol. The number of methoxy groups -OCH3 is 3. The normalized spacial score (nSPS) is 10.4. The summed E-state index contributed by atoms with van der Waals surface area (Å²) in [6.07, 6.45) is 0. The van der Waals surface area contributed by atoms with E-state index in [1.807, 2.05) is 0 Å². The van der Waals surface area contributed by atoms with Gasteiger partial charge in [-0.05, 0) is 52.8 Å². The smallest absolute Gasteiger partial charge is 0.477 e. The maximum atomic E-state index is 10.7. The van der Waals surface area contributed by atoms with E-state index in [1.54, 1.807) is 94.1 Å². The molecule has 3 aromatic carbocycles. The van der Waals surface area contributed by atoms with Crippen molar-refractivity contribution < 1.29 is 33.4 Å². The van der Waals surface area contributed by atoms with Crippen molar-refractivity contribution >= 4 is 37.7 Å². The monoisotopic (exact) mass is 420 g/mol. The molecule has 0 aliphatic rings. The van der Waals surface area contributed by atoms with E-state index in [-0.39, 0.29) is 0 Å². The predicted octanol–water partition coefficient (Wildman–Crippen LogP) is 0.216. The summed E-state index contributed by atoms with van der Waals surface area (Å²) in [5.74, 6) is 1.74. The highest BCUT2D eigenvalue weighted by Gasteiger charge is 2.33. The molecule has 31 heavy (non-hydrogen) atoms. The molecule has 0 aliphatic heterocycles. The lowest BCUT2D eigenvalue weighted by atomic mass is 9.67. The third-order valence-electron chi connectivity index (χ3n) is 4.63. The number of benzene rings is 3. The Balaban J connectivity index is 1.86. The Morgan fingerprint density at radius 1 is 0.548 bits per heavy atom. The van der Waals surface area contributed by atoms with Gasteiger partial charge in [-0.15, -0.1) is 0 Å². The molecule has 0 spiro atoms. The zero-order valence-corrected chi connectivity index (χ0v) is 17.6. The molecule has 2 N–H and O–H groups in total. The average molecular weight is 420 g/mol. The van der Waals surface area contributed by atoms with Crippen molar-refractivity contribution in [1.29, 1.82) is 0 Å². The van der Waals surface area contributed by atoms with Gasteiger partial charge in [-0.3, -0.25) is 0 Å². The van der Waals surface area contributed by atoms with Crippen LogP contribution in [0.2, 0.25) is 0 Å². The lowest BCUT2D eigenvalue weighted by molar-refractivity contribution is 0.355. The summed E-state index contributed by atoms with van der Waals surface area (Å²) >= 11 is 0. The van der Waals surface area contributed by atoms with Crippen molar-refractivity contribution in [2.45, 2.75) is 0 Å². The molecule has 158 valence electrons. The van der Waals surface area contributed by atoms with E-state index in [4.69, 9.17) is 23.4 Å². The molecule has 7 nitrogen and oxygen atoms in total. The molecule has 0 amide bonds. The molecule has 3 rings (SSSR count). The van der Waals surface area contributed by atoms with Crippen LogP contribution in [0.15, 0.2) is 72.8 Å². The molecule has 0 saturated heterocycles. The zero-order valence-electron chi connectivity index (χ0n) is 17.6. The van der Waals surface area contributed by atoms with Gasteiger partial charge in [0.2, 0.25) is 0 Å². The topological polar surface area (TPSA) is 86.6 Å². The quantitative estimate of drug-likeness (QED) is 0.454. The second-order valence-corrected chi connectivity index (χ2v) is 6.64. The lowest BCUT2D eigenvalue weighted by Gasteiger charge is -2.20. The van der Waals surface area contributed by atoms with Gasteiger partial charge in [0.1, 0.15) is 17.2 Å². The summed E-state index contributed by atoms with van der Waals surface area (Å²) in [6.45, 7) is 0. The van der Waals surface area contributed by atoms with Crippen LogP contribution in [0.25, 0.3) is 0 Å². The summed E-state index contributed by atoms with van der Waals surface area (Å²) in [6, 6.07) is 20.7. The largest absolute Gasteiger partial charge is 0.497 e. The Labute approximate surface area is 182 Å². The van der Waals surface area contributed by atoms with Crippen LogP contribution in [0.5, 0.6) is 17.2 Å². The Morgan fingerprint density at radius 2 is 0.903 bits per heavy atom.